The smallest absolute Gasteiger partial charge is 0.221 e. The molecular formula is C18H17NO2. The Kier molecular flexibility index (Phi) is 4.67. The Morgan fingerprint density at radius 3 is 1.95 bits per heavy atom. The van der Waals surface area contributed by atoms with Crippen LogP contribution < -0.4 is 5.32 Å². The summed E-state index contributed by atoms with van der Waals surface area (Å²) in [4.78, 5) is 22.5. The number of allylic oxidation sites excluding steroid dienone is 1. The minimum absolute atomic E-state index is 0.000194. The summed E-state index contributed by atoms with van der Waals surface area (Å²) in [7, 11) is 0. The van der Waals surface area contributed by atoms with Crippen molar-refractivity contribution in [1.29, 1.82) is 0 Å². The fraction of sp³-hybridized carbons (Fsp3) is 0.111. The Morgan fingerprint density at radius 2 is 1.43 bits per heavy atom. The van der Waals surface area contributed by atoms with Crippen LogP contribution in [0.1, 0.15) is 25.0 Å². The molecule has 0 atom stereocenters. The summed E-state index contributed by atoms with van der Waals surface area (Å²) < 4.78 is 0. The normalized spacial score (nSPS) is 11.0. The molecule has 0 saturated heterocycles. The SMILES string of the molecule is CC(=O)/C=C(\c1ccccc1)c1ccc(NC(C)=O)cc1. The lowest BCUT2D eigenvalue weighted by Gasteiger charge is -2.09. The quantitative estimate of drug-likeness (QED) is 0.868. The van der Waals surface area contributed by atoms with Crippen molar-refractivity contribution in [2.75, 3.05) is 5.32 Å². The topological polar surface area (TPSA) is 46.2 Å². The van der Waals surface area contributed by atoms with Crippen molar-refractivity contribution in [3.63, 3.8) is 0 Å². The summed E-state index contributed by atoms with van der Waals surface area (Å²) in [6, 6.07) is 17.2. The number of ketones is 1. The summed E-state index contributed by atoms with van der Waals surface area (Å²) in [5.41, 5.74) is 3.53. The monoisotopic (exact) mass is 279 g/mol. The molecule has 1 N–H and O–H groups in total. The number of hydrogen-bond acceptors (Lipinski definition) is 2. The molecule has 2 aromatic rings. The van der Waals surface area contributed by atoms with Crippen LogP contribution in [0.5, 0.6) is 0 Å². The molecule has 0 aromatic heterocycles. The van der Waals surface area contributed by atoms with E-state index in [9.17, 15) is 9.59 Å². The Morgan fingerprint density at radius 1 is 0.857 bits per heavy atom. The van der Waals surface area contributed by atoms with Gasteiger partial charge in [-0.05, 0) is 41.8 Å². The molecule has 0 aliphatic heterocycles. The van der Waals surface area contributed by atoms with E-state index in [0.717, 1.165) is 22.4 Å². The zero-order chi connectivity index (χ0) is 15.2. The lowest BCUT2D eigenvalue weighted by molar-refractivity contribution is -0.114. The van der Waals surface area contributed by atoms with Crippen molar-refractivity contribution in [2.45, 2.75) is 13.8 Å². The van der Waals surface area contributed by atoms with E-state index in [4.69, 9.17) is 0 Å². The van der Waals surface area contributed by atoms with Crippen LogP contribution in [-0.4, -0.2) is 11.7 Å². The van der Waals surface area contributed by atoms with E-state index in [1.54, 1.807) is 6.08 Å². The first-order valence-corrected chi connectivity index (χ1v) is 6.72. The molecule has 3 nitrogen and oxygen atoms in total. The molecule has 0 radical (unpaired) electrons. The van der Waals surface area contributed by atoms with Crippen LogP contribution in [-0.2, 0) is 9.59 Å². The number of carbonyl (C=O) groups is 2. The van der Waals surface area contributed by atoms with Crippen LogP contribution >= 0.6 is 0 Å². The molecule has 21 heavy (non-hydrogen) atoms. The summed E-state index contributed by atoms with van der Waals surface area (Å²) in [5.74, 6) is -0.106. The number of rotatable bonds is 4. The maximum absolute atomic E-state index is 11.5. The Balaban J connectivity index is 2.39. The summed E-state index contributed by atoms with van der Waals surface area (Å²) >= 11 is 0. The van der Waals surface area contributed by atoms with Gasteiger partial charge in [-0.1, -0.05) is 42.5 Å². The third-order valence-corrected chi connectivity index (χ3v) is 2.95. The molecule has 0 saturated carbocycles. The Bertz CT molecular complexity index is 670. The molecule has 0 aliphatic carbocycles. The van der Waals surface area contributed by atoms with E-state index in [1.165, 1.54) is 13.8 Å². The third-order valence-electron chi connectivity index (χ3n) is 2.95. The van der Waals surface area contributed by atoms with Crippen LogP contribution in [0.4, 0.5) is 5.69 Å². The molecule has 0 unspecified atom stereocenters. The predicted molar refractivity (Wildman–Crippen MR) is 84.9 cm³/mol. The second kappa shape index (κ2) is 6.66. The van der Waals surface area contributed by atoms with Crippen LogP contribution in [0.3, 0.4) is 0 Å². The van der Waals surface area contributed by atoms with Crippen molar-refractivity contribution in [3.8, 4) is 0 Å². The number of carbonyl (C=O) groups excluding carboxylic acids is 2. The maximum atomic E-state index is 11.5. The van der Waals surface area contributed by atoms with Crippen molar-refractivity contribution in [1.82, 2.24) is 0 Å². The van der Waals surface area contributed by atoms with Gasteiger partial charge in [0.15, 0.2) is 5.78 Å². The van der Waals surface area contributed by atoms with Gasteiger partial charge < -0.3 is 5.32 Å². The van der Waals surface area contributed by atoms with Crippen molar-refractivity contribution >= 4 is 23.0 Å². The van der Waals surface area contributed by atoms with Gasteiger partial charge in [0.25, 0.3) is 0 Å². The van der Waals surface area contributed by atoms with E-state index >= 15 is 0 Å². The molecule has 0 bridgehead atoms. The Hall–Kier alpha value is -2.68. The zero-order valence-electron chi connectivity index (χ0n) is 12.1. The van der Waals surface area contributed by atoms with Crippen LogP contribution in [0.2, 0.25) is 0 Å². The van der Waals surface area contributed by atoms with Gasteiger partial charge in [-0.25, -0.2) is 0 Å². The lowest BCUT2D eigenvalue weighted by atomic mass is 9.96. The van der Waals surface area contributed by atoms with Crippen molar-refractivity contribution in [3.05, 3.63) is 71.8 Å². The standard InChI is InChI=1S/C18H17NO2/c1-13(20)12-18(15-6-4-3-5-7-15)16-8-10-17(11-9-16)19-14(2)21/h3-12H,1-2H3,(H,19,21)/b18-12+. The molecule has 2 aromatic carbocycles. The highest BCUT2D eigenvalue weighted by molar-refractivity contribution is 5.99. The van der Waals surface area contributed by atoms with Crippen LogP contribution in [0.15, 0.2) is 60.7 Å². The highest BCUT2D eigenvalue weighted by Gasteiger charge is 2.06. The molecule has 0 spiro atoms. The number of nitrogens with one attached hydrogen (secondary N) is 1. The number of amides is 1. The van der Waals surface area contributed by atoms with Crippen LogP contribution in [0, 0.1) is 0 Å². The van der Waals surface area contributed by atoms with Crippen molar-refractivity contribution < 1.29 is 9.59 Å². The van der Waals surface area contributed by atoms with Gasteiger partial charge in [0.2, 0.25) is 5.91 Å². The van der Waals surface area contributed by atoms with Gasteiger partial charge in [0, 0.05) is 12.6 Å². The average molecular weight is 279 g/mol. The molecule has 1 amide bonds. The van der Waals surface area contributed by atoms with Gasteiger partial charge in [-0.3, -0.25) is 9.59 Å². The predicted octanol–water partition coefficient (Wildman–Crippen LogP) is 3.67. The van der Waals surface area contributed by atoms with Gasteiger partial charge in [0.05, 0.1) is 0 Å². The highest BCUT2D eigenvalue weighted by atomic mass is 16.1. The van der Waals surface area contributed by atoms with Gasteiger partial charge in [-0.15, -0.1) is 0 Å². The van der Waals surface area contributed by atoms with Gasteiger partial charge in [-0.2, -0.15) is 0 Å². The number of benzene rings is 2. The molecule has 0 fully saturated rings. The Labute approximate surface area is 124 Å². The van der Waals surface area contributed by atoms with E-state index in [-0.39, 0.29) is 11.7 Å². The fourth-order valence-electron chi connectivity index (χ4n) is 2.09. The minimum Gasteiger partial charge on any atom is -0.326 e. The lowest BCUT2D eigenvalue weighted by Crippen LogP contribution is -2.05. The summed E-state index contributed by atoms with van der Waals surface area (Å²) in [6.07, 6.45) is 1.63. The number of anilines is 1. The molecule has 106 valence electrons. The number of hydrogen-bond donors (Lipinski definition) is 1. The minimum atomic E-state index is -0.106. The van der Waals surface area contributed by atoms with E-state index in [2.05, 4.69) is 5.32 Å². The summed E-state index contributed by atoms with van der Waals surface area (Å²) in [5, 5.41) is 2.73. The van der Waals surface area contributed by atoms with Gasteiger partial charge in [0.1, 0.15) is 0 Å². The average Bonchev–Trinajstić information content (AvgIpc) is 2.46. The molecule has 3 heteroatoms. The van der Waals surface area contributed by atoms with E-state index < -0.39 is 0 Å². The molecule has 2 rings (SSSR count). The molecule has 0 aliphatic rings. The zero-order valence-corrected chi connectivity index (χ0v) is 12.1. The fourth-order valence-corrected chi connectivity index (χ4v) is 2.09. The van der Waals surface area contributed by atoms with Crippen molar-refractivity contribution in [2.24, 2.45) is 0 Å². The van der Waals surface area contributed by atoms with Gasteiger partial charge >= 0.3 is 0 Å². The molecule has 0 heterocycles. The second-order valence-corrected chi connectivity index (χ2v) is 4.79. The largest absolute Gasteiger partial charge is 0.326 e. The van der Waals surface area contributed by atoms with E-state index in [1.807, 2.05) is 54.6 Å². The first-order valence-electron chi connectivity index (χ1n) is 6.72. The third kappa shape index (κ3) is 4.14. The first-order chi connectivity index (χ1) is 10.1. The highest BCUT2D eigenvalue weighted by Crippen LogP contribution is 2.24. The van der Waals surface area contributed by atoms with E-state index in [0.29, 0.717) is 0 Å². The first kappa shape index (κ1) is 14.7. The second-order valence-electron chi connectivity index (χ2n) is 4.79. The van der Waals surface area contributed by atoms with Crippen LogP contribution in [0.25, 0.3) is 5.57 Å². The maximum Gasteiger partial charge on any atom is 0.221 e. The molecular weight excluding hydrogens is 262 g/mol. The summed E-state index contributed by atoms with van der Waals surface area (Å²) in [6.45, 7) is 3.01.